The third-order valence-electron chi connectivity index (χ3n) is 3.97. The summed E-state index contributed by atoms with van der Waals surface area (Å²) in [5.74, 6) is -0.337. The van der Waals surface area contributed by atoms with Crippen molar-refractivity contribution in [2.45, 2.75) is 43.7 Å². The van der Waals surface area contributed by atoms with E-state index in [1.54, 1.807) is 6.08 Å². The van der Waals surface area contributed by atoms with E-state index in [2.05, 4.69) is 0 Å². The van der Waals surface area contributed by atoms with Crippen molar-refractivity contribution in [1.82, 2.24) is 0 Å². The van der Waals surface area contributed by atoms with Crippen molar-refractivity contribution in [3.05, 3.63) is 54.1 Å². The van der Waals surface area contributed by atoms with E-state index in [1.807, 2.05) is 42.5 Å². The molecule has 4 nitrogen and oxygen atoms in total. The van der Waals surface area contributed by atoms with Crippen LogP contribution in [-0.4, -0.2) is 35.5 Å². The first-order valence-corrected chi connectivity index (χ1v) is 7.64. The van der Waals surface area contributed by atoms with Gasteiger partial charge in [0.15, 0.2) is 0 Å². The van der Waals surface area contributed by atoms with Crippen molar-refractivity contribution >= 4 is 12.0 Å². The molecule has 0 aliphatic carbocycles. The van der Waals surface area contributed by atoms with Crippen molar-refractivity contribution < 1.29 is 19.4 Å². The fourth-order valence-electron chi connectivity index (χ4n) is 2.88. The van der Waals surface area contributed by atoms with Gasteiger partial charge in [0.1, 0.15) is 6.10 Å². The van der Waals surface area contributed by atoms with E-state index in [9.17, 15) is 9.90 Å². The molecule has 1 aromatic rings. The number of ether oxygens (including phenoxy) is 2. The van der Waals surface area contributed by atoms with Crippen LogP contribution in [-0.2, 0) is 14.3 Å². The first kappa shape index (κ1) is 15.0. The van der Waals surface area contributed by atoms with Crippen LogP contribution in [0.4, 0.5) is 0 Å². The van der Waals surface area contributed by atoms with Gasteiger partial charge in [0.25, 0.3) is 0 Å². The molecular weight excluding hydrogens is 280 g/mol. The maximum absolute atomic E-state index is 11.3. The van der Waals surface area contributed by atoms with Crippen LogP contribution in [0, 0.1) is 0 Å². The van der Waals surface area contributed by atoms with Gasteiger partial charge in [0.05, 0.1) is 18.3 Å². The summed E-state index contributed by atoms with van der Waals surface area (Å²) in [7, 11) is 0. The Morgan fingerprint density at radius 3 is 2.73 bits per heavy atom. The molecule has 0 unspecified atom stereocenters. The number of carbonyl (C=O) groups excluding carboxylic acids is 1. The van der Waals surface area contributed by atoms with Gasteiger partial charge in [0.2, 0.25) is 0 Å². The minimum atomic E-state index is -0.436. The SMILES string of the molecule is O=C1C=CC[C@H]([C@@H]2C[C@H](O)C[C@H](/C=C/c3ccccc3)O2)O1. The van der Waals surface area contributed by atoms with E-state index < -0.39 is 6.10 Å². The summed E-state index contributed by atoms with van der Waals surface area (Å²) in [6.07, 6.45) is 7.72. The molecule has 2 aliphatic heterocycles. The van der Waals surface area contributed by atoms with E-state index >= 15 is 0 Å². The standard InChI is InChI=1S/C18H20O4/c19-14-11-15(10-9-13-5-2-1-3-6-13)21-17(12-14)16-7-4-8-18(20)22-16/h1-6,8-10,14-17,19H,7,11-12H2/b10-9+/t14-,15+,16-,17+/m1/s1. The molecule has 0 aromatic heterocycles. The van der Waals surface area contributed by atoms with Gasteiger partial charge in [-0.3, -0.25) is 0 Å². The maximum atomic E-state index is 11.3. The second kappa shape index (κ2) is 6.90. The summed E-state index contributed by atoms with van der Waals surface area (Å²) >= 11 is 0. The van der Waals surface area contributed by atoms with Gasteiger partial charge in [-0.1, -0.05) is 48.6 Å². The zero-order valence-electron chi connectivity index (χ0n) is 12.3. The molecule has 4 atom stereocenters. The van der Waals surface area contributed by atoms with Crippen molar-refractivity contribution in [2.75, 3.05) is 0 Å². The maximum Gasteiger partial charge on any atom is 0.330 e. The van der Waals surface area contributed by atoms with Gasteiger partial charge < -0.3 is 14.6 Å². The molecule has 2 heterocycles. The third-order valence-corrected chi connectivity index (χ3v) is 3.97. The summed E-state index contributed by atoms with van der Waals surface area (Å²) in [6, 6.07) is 9.96. The van der Waals surface area contributed by atoms with Gasteiger partial charge >= 0.3 is 5.97 Å². The molecule has 1 fully saturated rings. The Hall–Kier alpha value is -1.91. The lowest BCUT2D eigenvalue weighted by Crippen LogP contribution is -2.43. The third kappa shape index (κ3) is 3.84. The second-order valence-electron chi connectivity index (χ2n) is 5.72. The Kier molecular flexibility index (Phi) is 4.71. The van der Waals surface area contributed by atoms with Crippen molar-refractivity contribution in [1.29, 1.82) is 0 Å². The fraction of sp³-hybridized carbons (Fsp3) is 0.389. The van der Waals surface area contributed by atoms with E-state index in [-0.39, 0.29) is 24.3 Å². The minimum absolute atomic E-state index is 0.168. The largest absolute Gasteiger partial charge is 0.456 e. The van der Waals surface area contributed by atoms with E-state index in [0.717, 1.165) is 5.56 Å². The minimum Gasteiger partial charge on any atom is -0.456 e. The Morgan fingerprint density at radius 2 is 1.95 bits per heavy atom. The highest BCUT2D eigenvalue weighted by Crippen LogP contribution is 2.27. The molecule has 1 aromatic carbocycles. The number of aliphatic hydroxyl groups is 1. The monoisotopic (exact) mass is 300 g/mol. The molecule has 3 rings (SSSR count). The predicted octanol–water partition coefficient (Wildman–Crippen LogP) is 2.48. The van der Waals surface area contributed by atoms with Crippen LogP contribution in [0.2, 0.25) is 0 Å². The molecule has 0 amide bonds. The quantitative estimate of drug-likeness (QED) is 0.871. The van der Waals surface area contributed by atoms with Crippen LogP contribution in [0.1, 0.15) is 24.8 Å². The number of benzene rings is 1. The molecule has 0 saturated carbocycles. The number of hydrogen-bond acceptors (Lipinski definition) is 4. The zero-order valence-corrected chi connectivity index (χ0v) is 12.3. The topological polar surface area (TPSA) is 55.8 Å². The van der Waals surface area contributed by atoms with Gasteiger partial charge in [-0.2, -0.15) is 0 Å². The van der Waals surface area contributed by atoms with Crippen LogP contribution in [0.25, 0.3) is 6.08 Å². The average molecular weight is 300 g/mol. The average Bonchev–Trinajstić information content (AvgIpc) is 2.53. The van der Waals surface area contributed by atoms with E-state index in [4.69, 9.17) is 9.47 Å². The molecule has 1 saturated heterocycles. The van der Waals surface area contributed by atoms with E-state index in [0.29, 0.717) is 19.3 Å². The molecule has 4 heteroatoms. The molecule has 2 aliphatic rings. The van der Waals surface area contributed by atoms with Crippen molar-refractivity contribution in [3.8, 4) is 0 Å². The highest BCUT2D eigenvalue weighted by molar-refractivity contribution is 5.82. The highest BCUT2D eigenvalue weighted by atomic mass is 16.6. The normalized spacial score (nSPS) is 32.1. The Bertz CT molecular complexity index is 564. The molecule has 0 radical (unpaired) electrons. The summed E-state index contributed by atoms with van der Waals surface area (Å²) < 4.78 is 11.3. The van der Waals surface area contributed by atoms with Crippen molar-refractivity contribution in [2.24, 2.45) is 0 Å². The number of cyclic esters (lactones) is 1. The summed E-state index contributed by atoms with van der Waals surface area (Å²) in [5, 5.41) is 10.1. The molecule has 0 bridgehead atoms. The van der Waals surface area contributed by atoms with Crippen LogP contribution >= 0.6 is 0 Å². The van der Waals surface area contributed by atoms with Crippen LogP contribution < -0.4 is 0 Å². The Morgan fingerprint density at radius 1 is 1.14 bits per heavy atom. The zero-order chi connectivity index (χ0) is 15.4. The molecule has 116 valence electrons. The Labute approximate surface area is 130 Å². The lowest BCUT2D eigenvalue weighted by Gasteiger charge is -2.36. The first-order chi connectivity index (χ1) is 10.7. The van der Waals surface area contributed by atoms with Crippen LogP contribution in [0.5, 0.6) is 0 Å². The number of hydrogen-bond donors (Lipinski definition) is 1. The van der Waals surface area contributed by atoms with Crippen LogP contribution in [0.15, 0.2) is 48.6 Å². The number of esters is 1. The van der Waals surface area contributed by atoms with Crippen LogP contribution in [0.3, 0.4) is 0 Å². The van der Waals surface area contributed by atoms with Crippen molar-refractivity contribution in [3.63, 3.8) is 0 Å². The second-order valence-corrected chi connectivity index (χ2v) is 5.72. The fourth-order valence-corrected chi connectivity index (χ4v) is 2.88. The number of aliphatic hydroxyl groups excluding tert-OH is 1. The van der Waals surface area contributed by atoms with Gasteiger partial charge in [-0.25, -0.2) is 4.79 Å². The van der Waals surface area contributed by atoms with Gasteiger partial charge in [-0.05, 0) is 5.56 Å². The Balaban J connectivity index is 1.64. The van der Waals surface area contributed by atoms with E-state index in [1.165, 1.54) is 6.08 Å². The van der Waals surface area contributed by atoms with Gasteiger partial charge in [0, 0.05) is 25.3 Å². The summed E-state index contributed by atoms with van der Waals surface area (Å²) in [4.78, 5) is 11.3. The predicted molar refractivity (Wildman–Crippen MR) is 83.0 cm³/mol. The first-order valence-electron chi connectivity index (χ1n) is 7.64. The summed E-state index contributed by atoms with van der Waals surface area (Å²) in [5.41, 5.74) is 1.09. The van der Waals surface area contributed by atoms with Gasteiger partial charge in [-0.15, -0.1) is 0 Å². The number of carbonyl (C=O) groups is 1. The lowest BCUT2D eigenvalue weighted by atomic mass is 9.95. The lowest BCUT2D eigenvalue weighted by molar-refractivity contribution is -0.165. The smallest absolute Gasteiger partial charge is 0.330 e. The number of rotatable bonds is 3. The molecule has 22 heavy (non-hydrogen) atoms. The molecular formula is C18H20O4. The molecule has 0 spiro atoms. The highest BCUT2D eigenvalue weighted by Gasteiger charge is 2.34. The summed E-state index contributed by atoms with van der Waals surface area (Å²) in [6.45, 7) is 0. The molecule has 1 N–H and O–H groups in total.